The Balaban J connectivity index is 0.000000336. The summed E-state index contributed by atoms with van der Waals surface area (Å²) in [5, 5.41) is 7.43. The number of nitrogens with one attached hydrogen (secondary N) is 1. The number of nitrogens with zero attached hydrogens (tertiary/aromatic N) is 4. The molecule has 1 N–H and O–H groups in total. The molecule has 0 saturated carbocycles. The van der Waals surface area contributed by atoms with Gasteiger partial charge in [0.05, 0.1) is 24.6 Å². The number of rotatable bonds is 9. The van der Waals surface area contributed by atoms with E-state index in [1.807, 2.05) is 19.1 Å². The standard InChI is InChI=1S/C16H12Cl2F3N5O2.C8H8O2/c17-13-14(18)23-9-24-15(13)22-5-6-27-12-7-25-26(8-12)10-1-3-11(4-2-10)28-16(19,20)21;1-7-2-4-8(5-3-7)10-6-9/h1-4,7-9H,5-6H2,(H,22,23,24);2-6H,1H3. The molecule has 0 aliphatic rings. The SMILES string of the molecule is Cc1ccc(OC=O)cc1.FC(F)(F)Oc1ccc(-n2cc(OCCNc3ncnc(Cl)c3Cl)cn2)cc1. The van der Waals surface area contributed by atoms with Crippen molar-refractivity contribution < 1.29 is 32.2 Å². The molecule has 0 unspecified atom stereocenters. The maximum atomic E-state index is 12.2. The molecule has 2 aromatic carbocycles. The molecule has 200 valence electrons. The van der Waals surface area contributed by atoms with Gasteiger partial charge >= 0.3 is 6.36 Å². The molecule has 2 heterocycles. The normalized spacial score (nSPS) is 10.7. The van der Waals surface area contributed by atoms with Crippen LogP contribution in [0.1, 0.15) is 5.56 Å². The van der Waals surface area contributed by atoms with E-state index in [9.17, 15) is 18.0 Å². The van der Waals surface area contributed by atoms with Crippen LogP contribution >= 0.6 is 23.2 Å². The van der Waals surface area contributed by atoms with E-state index in [-0.39, 0.29) is 22.5 Å². The monoisotopic (exact) mass is 569 g/mol. The van der Waals surface area contributed by atoms with E-state index in [1.54, 1.807) is 18.3 Å². The van der Waals surface area contributed by atoms with Crippen molar-refractivity contribution in [2.75, 3.05) is 18.5 Å². The zero-order chi connectivity index (χ0) is 27.5. The molecule has 4 aromatic rings. The van der Waals surface area contributed by atoms with Gasteiger partial charge in [-0.25, -0.2) is 14.6 Å². The Morgan fingerprint density at radius 3 is 2.34 bits per heavy atom. The molecular weight excluding hydrogens is 550 g/mol. The summed E-state index contributed by atoms with van der Waals surface area (Å²) in [6.45, 7) is 3.07. The third kappa shape index (κ3) is 9.12. The van der Waals surface area contributed by atoms with E-state index in [2.05, 4.69) is 29.9 Å². The van der Waals surface area contributed by atoms with Crippen LogP contribution in [0.2, 0.25) is 10.2 Å². The number of aryl methyl sites for hydroxylation is 1. The number of ether oxygens (including phenoxy) is 3. The van der Waals surface area contributed by atoms with Gasteiger partial charge in [0.15, 0.2) is 10.9 Å². The van der Waals surface area contributed by atoms with Gasteiger partial charge in [-0.15, -0.1) is 13.2 Å². The molecule has 0 saturated heterocycles. The van der Waals surface area contributed by atoms with Crippen LogP contribution in [0, 0.1) is 6.92 Å². The van der Waals surface area contributed by atoms with Crippen LogP contribution in [0.15, 0.2) is 67.3 Å². The molecule has 2 aromatic heterocycles. The molecule has 0 amide bonds. The highest BCUT2D eigenvalue weighted by atomic mass is 35.5. The molecule has 0 fully saturated rings. The number of anilines is 1. The summed E-state index contributed by atoms with van der Waals surface area (Å²) in [5.74, 6) is 1.14. The first-order chi connectivity index (χ1) is 18.1. The summed E-state index contributed by atoms with van der Waals surface area (Å²) < 4.78 is 52.0. The minimum absolute atomic E-state index is 0.146. The molecule has 38 heavy (non-hydrogen) atoms. The van der Waals surface area contributed by atoms with Gasteiger partial charge in [-0.05, 0) is 43.3 Å². The number of benzene rings is 2. The first kappa shape index (κ1) is 28.5. The Morgan fingerprint density at radius 1 is 1.00 bits per heavy atom. The minimum Gasteiger partial charge on any atom is -0.488 e. The van der Waals surface area contributed by atoms with Gasteiger partial charge in [-0.2, -0.15) is 5.10 Å². The highest BCUT2D eigenvalue weighted by Gasteiger charge is 2.31. The van der Waals surface area contributed by atoms with Crippen LogP contribution < -0.4 is 19.5 Å². The third-order valence-electron chi connectivity index (χ3n) is 4.51. The van der Waals surface area contributed by atoms with Crippen molar-refractivity contribution in [2.24, 2.45) is 0 Å². The molecule has 14 heteroatoms. The predicted molar refractivity (Wildman–Crippen MR) is 134 cm³/mol. The second kappa shape index (κ2) is 13.5. The molecule has 0 atom stereocenters. The van der Waals surface area contributed by atoms with Gasteiger partial charge in [-0.1, -0.05) is 40.9 Å². The molecule has 0 spiro atoms. The number of carbonyl (C=O) groups is 1. The van der Waals surface area contributed by atoms with Crippen LogP contribution in [0.3, 0.4) is 0 Å². The number of aromatic nitrogens is 4. The molecular formula is C24H20Cl2F3N5O4. The number of halogens is 5. The van der Waals surface area contributed by atoms with Gasteiger partial charge < -0.3 is 19.5 Å². The van der Waals surface area contributed by atoms with Crippen molar-refractivity contribution in [1.29, 1.82) is 0 Å². The average molecular weight is 570 g/mol. The lowest BCUT2D eigenvalue weighted by atomic mass is 10.2. The minimum atomic E-state index is -4.73. The fourth-order valence-electron chi connectivity index (χ4n) is 2.80. The highest BCUT2D eigenvalue weighted by Crippen LogP contribution is 2.26. The van der Waals surface area contributed by atoms with E-state index in [4.69, 9.17) is 27.9 Å². The summed E-state index contributed by atoms with van der Waals surface area (Å²) in [4.78, 5) is 17.5. The predicted octanol–water partition coefficient (Wildman–Crippen LogP) is 5.89. The number of alkyl halides is 3. The lowest BCUT2D eigenvalue weighted by Gasteiger charge is -2.09. The maximum Gasteiger partial charge on any atom is 0.573 e. The van der Waals surface area contributed by atoms with Crippen LogP contribution in [0.4, 0.5) is 19.0 Å². The topological polar surface area (TPSA) is 100 Å². The summed E-state index contributed by atoms with van der Waals surface area (Å²) in [7, 11) is 0. The Bertz CT molecular complexity index is 1320. The van der Waals surface area contributed by atoms with E-state index >= 15 is 0 Å². The molecule has 0 aliphatic carbocycles. The summed E-state index contributed by atoms with van der Waals surface area (Å²) in [6, 6.07) is 12.6. The van der Waals surface area contributed by atoms with Gasteiger partial charge in [0.25, 0.3) is 6.47 Å². The average Bonchev–Trinajstić information content (AvgIpc) is 3.35. The quantitative estimate of drug-likeness (QED) is 0.151. The lowest BCUT2D eigenvalue weighted by molar-refractivity contribution is -0.274. The van der Waals surface area contributed by atoms with Crippen molar-refractivity contribution in [1.82, 2.24) is 19.7 Å². The molecule has 0 radical (unpaired) electrons. The van der Waals surface area contributed by atoms with Crippen molar-refractivity contribution in [3.8, 4) is 22.9 Å². The number of carbonyl (C=O) groups excluding carboxylic acids is 1. The zero-order valence-electron chi connectivity index (χ0n) is 19.7. The van der Waals surface area contributed by atoms with Crippen molar-refractivity contribution in [2.45, 2.75) is 13.3 Å². The number of hydrogen-bond acceptors (Lipinski definition) is 8. The molecule has 0 aliphatic heterocycles. The molecule has 9 nitrogen and oxygen atoms in total. The van der Waals surface area contributed by atoms with Crippen LogP contribution in [0.25, 0.3) is 5.69 Å². The van der Waals surface area contributed by atoms with Crippen molar-refractivity contribution in [3.63, 3.8) is 0 Å². The van der Waals surface area contributed by atoms with Crippen molar-refractivity contribution >= 4 is 35.5 Å². The Hall–Kier alpha value is -4.03. The van der Waals surface area contributed by atoms with Crippen LogP contribution in [0.5, 0.6) is 17.2 Å². The zero-order valence-corrected chi connectivity index (χ0v) is 21.2. The second-order valence-electron chi connectivity index (χ2n) is 7.29. The van der Waals surface area contributed by atoms with E-state index in [1.165, 1.54) is 41.5 Å². The Kier molecular flexibility index (Phi) is 10.1. The fraction of sp³-hybridized carbons (Fsp3) is 0.167. The molecule has 0 bridgehead atoms. The van der Waals surface area contributed by atoms with E-state index < -0.39 is 6.36 Å². The number of hydrogen-bond donors (Lipinski definition) is 1. The Labute approximate surface area is 225 Å². The summed E-state index contributed by atoms with van der Waals surface area (Å²) in [5.41, 5.74) is 1.70. The summed E-state index contributed by atoms with van der Waals surface area (Å²) in [6.07, 6.45) is -0.376. The van der Waals surface area contributed by atoms with Gasteiger partial charge in [0.2, 0.25) is 0 Å². The van der Waals surface area contributed by atoms with E-state index in [0.29, 0.717) is 36.0 Å². The van der Waals surface area contributed by atoms with Gasteiger partial charge in [0.1, 0.15) is 35.3 Å². The van der Waals surface area contributed by atoms with Gasteiger partial charge in [0, 0.05) is 0 Å². The lowest BCUT2D eigenvalue weighted by Crippen LogP contribution is -2.17. The first-order valence-corrected chi connectivity index (χ1v) is 11.5. The van der Waals surface area contributed by atoms with Gasteiger partial charge in [-0.3, -0.25) is 4.79 Å². The van der Waals surface area contributed by atoms with E-state index in [0.717, 1.165) is 5.56 Å². The Morgan fingerprint density at radius 2 is 1.68 bits per heavy atom. The third-order valence-corrected chi connectivity index (χ3v) is 5.25. The highest BCUT2D eigenvalue weighted by molar-refractivity contribution is 6.42. The second-order valence-corrected chi connectivity index (χ2v) is 8.03. The molecule has 4 rings (SSSR count). The largest absolute Gasteiger partial charge is 0.573 e. The smallest absolute Gasteiger partial charge is 0.488 e. The van der Waals surface area contributed by atoms with Crippen LogP contribution in [-0.4, -0.2) is 45.7 Å². The fourth-order valence-corrected chi connectivity index (χ4v) is 3.10. The first-order valence-electron chi connectivity index (χ1n) is 10.7. The summed E-state index contributed by atoms with van der Waals surface area (Å²) >= 11 is 11.8. The van der Waals surface area contributed by atoms with Crippen molar-refractivity contribution in [3.05, 3.63) is 83.0 Å². The van der Waals surface area contributed by atoms with Crippen LogP contribution in [-0.2, 0) is 4.79 Å². The maximum absolute atomic E-state index is 12.2.